The molecule has 0 aliphatic heterocycles. The molecule has 0 aromatic heterocycles. The molecule has 0 heterocycles. The summed E-state index contributed by atoms with van der Waals surface area (Å²) in [4.78, 5) is 0. The number of rotatable bonds is 4. The van der Waals surface area contributed by atoms with E-state index in [1.165, 1.54) is 11.5 Å². The van der Waals surface area contributed by atoms with Crippen LogP contribution in [0.1, 0.15) is 20.8 Å². The molecule has 0 unspecified atom stereocenters. The number of thioether (sulfide) groups is 2. The SMILES string of the molecule is CSCC(CSC)C(C)(C)C. The highest BCUT2D eigenvalue weighted by Crippen LogP contribution is 2.30. The highest BCUT2D eigenvalue weighted by atomic mass is 32.2. The molecule has 0 saturated heterocycles. The fraction of sp³-hybridized carbons (Fsp3) is 1.00. The Morgan fingerprint density at radius 1 is 1.00 bits per heavy atom. The smallest absolute Gasteiger partial charge is 0.00290 e. The van der Waals surface area contributed by atoms with Gasteiger partial charge in [-0.25, -0.2) is 0 Å². The molecule has 0 bridgehead atoms. The van der Waals surface area contributed by atoms with Crippen LogP contribution in [0.4, 0.5) is 0 Å². The molecule has 0 atom stereocenters. The average Bonchev–Trinajstić information content (AvgIpc) is 1.85. The molecular formula is C9H20S2. The average molecular weight is 192 g/mol. The van der Waals surface area contributed by atoms with Gasteiger partial charge < -0.3 is 0 Å². The molecule has 0 aromatic carbocycles. The van der Waals surface area contributed by atoms with Gasteiger partial charge in [0.25, 0.3) is 0 Å². The van der Waals surface area contributed by atoms with Crippen LogP contribution in [-0.2, 0) is 0 Å². The van der Waals surface area contributed by atoms with E-state index in [1.807, 2.05) is 23.5 Å². The zero-order valence-corrected chi connectivity index (χ0v) is 9.94. The largest absolute Gasteiger partial charge is 0.165 e. The normalized spacial score (nSPS) is 12.5. The molecule has 68 valence electrons. The Morgan fingerprint density at radius 2 is 1.36 bits per heavy atom. The van der Waals surface area contributed by atoms with Gasteiger partial charge in [0.05, 0.1) is 0 Å². The van der Waals surface area contributed by atoms with Gasteiger partial charge in [0.1, 0.15) is 0 Å². The Kier molecular flexibility index (Phi) is 5.71. The van der Waals surface area contributed by atoms with Gasteiger partial charge in [-0.05, 0) is 35.4 Å². The second-order valence-electron chi connectivity index (χ2n) is 3.97. The summed E-state index contributed by atoms with van der Waals surface area (Å²) in [5, 5.41) is 0. The topological polar surface area (TPSA) is 0 Å². The van der Waals surface area contributed by atoms with Gasteiger partial charge in [-0.1, -0.05) is 20.8 Å². The van der Waals surface area contributed by atoms with Crippen LogP contribution < -0.4 is 0 Å². The van der Waals surface area contributed by atoms with Crippen molar-refractivity contribution >= 4 is 23.5 Å². The van der Waals surface area contributed by atoms with Crippen molar-refractivity contribution < 1.29 is 0 Å². The van der Waals surface area contributed by atoms with Crippen molar-refractivity contribution in [3.8, 4) is 0 Å². The van der Waals surface area contributed by atoms with Crippen LogP contribution in [0.15, 0.2) is 0 Å². The molecule has 0 aliphatic rings. The first-order chi connectivity index (χ1) is 5.02. The lowest BCUT2D eigenvalue weighted by atomic mass is 9.83. The molecule has 0 fully saturated rings. The van der Waals surface area contributed by atoms with Crippen LogP contribution in [0.2, 0.25) is 0 Å². The van der Waals surface area contributed by atoms with Crippen LogP contribution in [0.25, 0.3) is 0 Å². The monoisotopic (exact) mass is 192 g/mol. The van der Waals surface area contributed by atoms with Gasteiger partial charge in [0, 0.05) is 0 Å². The molecule has 0 aromatic rings. The van der Waals surface area contributed by atoms with Crippen molar-refractivity contribution in [2.24, 2.45) is 11.3 Å². The van der Waals surface area contributed by atoms with Crippen LogP contribution in [-0.4, -0.2) is 24.0 Å². The summed E-state index contributed by atoms with van der Waals surface area (Å²) in [6.45, 7) is 7.01. The van der Waals surface area contributed by atoms with E-state index in [-0.39, 0.29) is 0 Å². The van der Waals surface area contributed by atoms with Gasteiger partial charge in [-0.2, -0.15) is 23.5 Å². The predicted molar refractivity (Wildman–Crippen MR) is 59.7 cm³/mol. The lowest BCUT2D eigenvalue weighted by Crippen LogP contribution is -2.24. The minimum atomic E-state index is 0.478. The molecule has 0 nitrogen and oxygen atoms in total. The van der Waals surface area contributed by atoms with Gasteiger partial charge in [0.2, 0.25) is 0 Å². The maximum absolute atomic E-state index is 2.34. The van der Waals surface area contributed by atoms with Gasteiger partial charge >= 0.3 is 0 Å². The second kappa shape index (κ2) is 5.36. The van der Waals surface area contributed by atoms with Crippen LogP contribution >= 0.6 is 23.5 Å². The van der Waals surface area contributed by atoms with Crippen molar-refractivity contribution in [3.63, 3.8) is 0 Å². The first kappa shape index (κ1) is 11.7. The Bertz CT molecular complexity index is 88.2. The van der Waals surface area contributed by atoms with E-state index >= 15 is 0 Å². The zero-order chi connectivity index (χ0) is 8.91. The van der Waals surface area contributed by atoms with E-state index in [0.29, 0.717) is 5.41 Å². The lowest BCUT2D eigenvalue weighted by molar-refractivity contribution is 0.294. The molecule has 0 N–H and O–H groups in total. The van der Waals surface area contributed by atoms with E-state index in [0.717, 1.165) is 5.92 Å². The van der Waals surface area contributed by atoms with Gasteiger partial charge in [-0.15, -0.1) is 0 Å². The second-order valence-corrected chi connectivity index (χ2v) is 5.79. The standard InChI is InChI=1S/C9H20S2/c1-9(2,3)8(6-10-4)7-11-5/h8H,6-7H2,1-5H3. The summed E-state index contributed by atoms with van der Waals surface area (Å²) < 4.78 is 0. The third-order valence-corrected chi connectivity index (χ3v) is 3.43. The molecule has 2 heteroatoms. The third-order valence-electron chi connectivity index (χ3n) is 1.96. The molecule has 0 aliphatic carbocycles. The van der Waals surface area contributed by atoms with E-state index in [4.69, 9.17) is 0 Å². The first-order valence-corrected chi connectivity index (χ1v) is 6.79. The molecule has 0 spiro atoms. The van der Waals surface area contributed by atoms with Crippen LogP contribution in [0.5, 0.6) is 0 Å². The summed E-state index contributed by atoms with van der Waals surface area (Å²) in [5.74, 6) is 3.45. The van der Waals surface area contributed by atoms with Crippen molar-refractivity contribution in [3.05, 3.63) is 0 Å². The Morgan fingerprint density at radius 3 is 1.55 bits per heavy atom. The van der Waals surface area contributed by atoms with E-state index in [9.17, 15) is 0 Å². The summed E-state index contributed by atoms with van der Waals surface area (Å²) in [5.41, 5.74) is 0.478. The fourth-order valence-corrected chi connectivity index (χ4v) is 3.14. The lowest BCUT2D eigenvalue weighted by Gasteiger charge is -2.29. The van der Waals surface area contributed by atoms with Crippen molar-refractivity contribution in [1.29, 1.82) is 0 Å². The predicted octanol–water partition coefficient (Wildman–Crippen LogP) is 3.37. The molecule has 0 saturated carbocycles. The molecule has 11 heavy (non-hydrogen) atoms. The third kappa shape index (κ3) is 5.02. The van der Waals surface area contributed by atoms with Crippen molar-refractivity contribution in [2.45, 2.75) is 20.8 Å². The highest BCUT2D eigenvalue weighted by Gasteiger charge is 2.22. The highest BCUT2D eigenvalue weighted by molar-refractivity contribution is 7.99. The maximum Gasteiger partial charge on any atom is -0.00290 e. The molecule has 0 rings (SSSR count). The van der Waals surface area contributed by atoms with Crippen molar-refractivity contribution in [1.82, 2.24) is 0 Å². The summed E-state index contributed by atoms with van der Waals surface area (Å²) in [7, 11) is 0. The molecule has 0 amide bonds. The summed E-state index contributed by atoms with van der Waals surface area (Å²) in [6, 6.07) is 0. The Labute approximate surface area is 79.9 Å². The van der Waals surface area contributed by atoms with Crippen LogP contribution in [0, 0.1) is 11.3 Å². The number of hydrogen-bond acceptors (Lipinski definition) is 2. The van der Waals surface area contributed by atoms with Gasteiger partial charge in [0.15, 0.2) is 0 Å². The minimum Gasteiger partial charge on any atom is -0.165 e. The number of hydrogen-bond donors (Lipinski definition) is 0. The Hall–Kier alpha value is 0.700. The van der Waals surface area contributed by atoms with Crippen molar-refractivity contribution in [2.75, 3.05) is 24.0 Å². The van der Waals surface area contributed by atoms with E-state index in [2.05, 4.69) is 33.3 Å². The van der Waals surface area contributed by atoms with Gasteiger partial charge in [-0.3, -0.25) is 0 Å². The minimum absolute atomic E-state index is 0.478. The first-order valence-electron chi connectivity index (χ1n) is 4.00. The zero-order valence-electron chi connectivity index (χ0n) is 8.31. The van der Waals surface area contributed by atoms with Crippen LogP contribution in [0.3, 0.4) is 0 Å². The summed E-state index contributed by atoms with van der Waals surface area (Å²) >= 11 is 3.93. The van der Waals surface area contributed by atoms with E-state index < -0.39 is 0 Å². The summed E-state index contributed by atoms with van der Waals surface area (Å²) in [6.07, 6.45) is 4.39. The maximum atomic E-state index is 2.34. The van der Waals surface area contributed by atoms with E-state index in [1.54, 1.807) is 0 Å². The Balaban J connectivity index is 3.88. The molecular weight excluding hydrogens is 172 g/mol. The molecule has 0 radical (unpaired) electrons. The fourth-order valence-electron chi connectivity index (χ4n) is 0.950. The quantitative estimate of drug-likeness (QED) is 0.670.